The molecule has 0 radical (unpaired) electrons. The molecular weight excluding hydrogens is 232 g/mol. The minimum Gasteiger partial charge on any atom is -0.481 e. The zero-order chi connectivity index (χ0) is 13.7. The molecule has 1 saturated carbocycles. The van der Waals surface area contributed by atoms with Crippen LogP contribution in [-0.4, -0.2) is 35.5 Å². The first-order valence-electron chi connectivity index (χ1n) is 6.36. The Morgan fingerprint density at radius 2 is 2.00 bits per heavy atom. The van der Waals surface area contributed by atoms with Gasteiger partial charge in [-0.2, -0.15) is 5.26 Å². The molecule has 0 aromatic rings. The smallest absolute Gasteiger partial charge is 0.307 e. The second kappa shape index (κ2) is 6.39. The molecule has 100 valence electrons. The van der Waals surface area contributed by atoms with Crippen molar-refractivity contribution in [1.82, 2.24) is 4.90 Å². The first kappa shape index (κ1) is 14.5. The number of carbonyl (C=O) groups is 2. The molecular formula is C13H20N2O3. The predicted octanol–water partition coefficient (Wildman–Crippen LogP) is 1.50. The fourth-order valence-electron chi connectivity index (χ4n) is 2.63. The van der Waals surface area contributed by atoms with Gasteiger partial charge in [-0.1, -0.05) is 13.3 Å². The van der Waals surface area contributed by atoms with Crippen LogP contribution < -0.4 is 0 Å². The lowest BCUT2D eigenvalue weighted by Gasteiger charge is -2.22. The number of aliphatic carboxylic acids is 1. The summed E-state index contributed by atoms with van der Waals surface area (Å²) in [5.41, 5.74) is 0. The molecule has 5 nitrogen and oxygen atoms in total. The molecule has 1 rings (SSSR count). The third kappa shape index (κ3) is 3.22. The number of nitrogens with zero attached hydrogens (tertiary/aromatic N) is 2. The molecule has 18 heavy (non-hydrogen) atoms. The number of hydrogen-bond acceptors (Lipinski definition) is 3. The van der Waals surface area contributed by atoms with Gasteiger partial charge in [0, 0.05) is 13.6 Å². The summed E-state index contributed by atoms with van der Waals surface area (Å²) in [5, 5.41) is 17.7. The van der Waals surface area contributed by atoms with Crippen molar-refractivity contribution in [3.63, 3.8) is 0 Å². The van der Waals surface area contributed by atoms with E-state index >= 15 is 0 Å². The fraction of sp³-hybridized carbons (Fsp3) is 0.769. The fourth-order valence-corrected chi connectivity index (χ4v) is 2.63. The normalized spacial score (nSPS) is 26.6. The second-order valence-electron chi connectivity index (χ2n) is 4.96. The molecule has 1 amide bonds. The van der Waals surface area contributed by atoms with Crippen LogP contribution in [0.15, 0.2) is 0 Å². The number of hydrogen-bond donors (Lipinski definition) is 1. The molecule has 1 fully saturated rings. The van der Waals surface area contributed by atoms with Gasteiger partial charge in [-0.05, 0) is 18.8 Å². The lowest BCUT2D eigenvalue weighted by atomic mass is 9.95. The van der Waals surface area contributed by atoms with Crippen molar-refractivity contribution < 1.29 is 14.7 Å². The van der Waals surface area contributed by atoms with Gasteiger partial charge in [0.2, 0.25) is 5.91 Å². The van der Waals surface area contributed by atoms with Crippen LogP contribution in [0.2, 0.25) is 0 Å². The van der Waals surface area contributed by atoms with Gasteiger partial charge in [-0.25, -0.2) is 0 Å². The van der Waals surface area contributed by atoms with Gasteiger partial charge in [-0.3, -0.25) is 9.59 Å². The van der Waals surface area contributed by atoms with E-state index in [1.165, 1.54) is 4.90 Å². The molecule has 0 bridgehead atoms. The molecule has 5 heteroatoms. The minimum atomic E-state index is -0.877. The topological polar surface area (TPSA) is 81.4 Å². The summed E-state index contributed by atoms with van der Waals surface area (Å²) in [7, 11) is 1.64. The van der Waals surface area contributed by atoms with Crippen LogP contribution in [0.25, 0.3) is 0 Å². The predicted molar refractivity (Wildman–Crippen MR) is 65.5 cm³/mol. The summed E-state index contributed by atoms with van der Waals surface area (Å²) >= 11 is 0. The Labute approximate surface area is 107 Å². The Bertz CT molecular complexity index is 362. The Kier molecular flexibility index (Phi) is 5.14. The summed E-state index contributed by atoms with van der Waals surface area (Å²) in [5.74, 6) is -1.67. The summed E-state index contributed by atoms with van der Waals surface area (Å²) in [6.45, 7) is 2.39. The van der Waals surface area contributed by atoms with E-state index in [1.807, 2.05) is 13.0 Å². The number of nitriles is 1. The first-order chi connectivity index (χ1) is 8.51. The highest BCUT2D eigenvalue weighted by molar-refractivity contribution is 5.85. The van der Waals surface area contributed by atoms with Gasteiger partial charge in [0.1, 0.15) is 0 Å². The molecule has 0 spiro atoms. The van der Waals surface area contributed by atoms with Crippen LogP contribution in [0.1, 0.15) is 32.6 Å². The van der Waals surface area contributed by atoms with Crippen molar-refractivity contribution in [2.75, 3.05) is 13.6 Å². The monoisotopic (exact) mass is 252 g/mol. The molecule has 0 saturated heterocycles. The Morgan fingerprint density at radius 3 is 2.50 bits per heavy atom. The number of carboxylic acid groups (broad SMARTS) is 1. The molecule has 1 N–H and O–H groups in total. The molecule has 1 aliphatic carbocycles. The summed E-state index contributed by atoms with van der Waals surface area (Å²) in [4.78, 5) is 24.9. The van der Waals surface area contributed by atoms with Gasteiger partial charge in [0.25, 0.3) is 0 Å². The number of rotatable bonds is 5. The first-order valence-corrected chi connectivity index (χ1v) is 6.36. The van der Waals surface area contributed by atoms with Gasteiger partial charge >= 0.3 is 5.97 Å². The molecule has 0 aromatic heterocycles. The van der Waals surface area contributed by atoms with E-state index in [2.05, 4.69) is 0 Å². The van der Waals surface area contributed by atoms with Crippen LogP contribution >= 0.6 is 0 Å². The van der Waals surface area contributed by atoms with Crippen molar-refractivity contribution in [3.05, 3.63) is 0 Å². The van der Waals surface area contributed by atoms with Crippen molar-refractivity contribution >= 4 is 11.9 Å². The van der Waals surface area contributed by atoms with Crippen molar-refractivity contribution in [3.8, 4) is 6.07 Å². The molecule has 0 heterocycles. The Balaban J connectivity index is 2.70. The maximum Gasteiger partial charge on any atom is 0.307 e. The quantitative estimate of drug-likeness (QED) is 0.803. The van der Waals surface area contributed by atoms with Crippen LogP contribution in [0, 0.1) is 29.1 Å². The lowest BCUT2D eigenvalue weighted by Crippen LogP contribution is -2.37. The molecule has 0 aliphatic heterocycles. The molecule has 3 unspecified atom stereocenters. The number of carboxylic acids is 1. The van der Waals surface area contributed by atoms with E-state index < -0.39 is 17.8 Å². The Hall–Kier alpha value is -1.57. The zero-order valence-corrected chi connectivity index (χ0v) is 10.9. The zero-order valence-electron chi connectivity index (χ0n) is 10.9. The van der Waals surface area contributed by atoms with Crippen molar-refractivity contribution in [2.45, 2.75) is 32.6 Å². The highest BCUT2D eigenvalue weighted by atomic mass is 16.4. The molecule has 0 aromatic carbocycles. The number of amides is 1. The highest BCUT2D eigenvalue weighted by Gasteiger charge is 2.42. The van der Waals surface area contributed by atoms with Crippen LogP contribution in [0.4, 0.5) is 0 Å². The summed E-state index contributed by atoms with van der Waals surface area (Å²) in [6.07, 6.45) is 2.44. The van der Waals surface area contributed by atoms with Crippen LogP contribution in [0.3, 0.4) is 0 Å². The average molecular weight is 252 g/mol. The third-order valence-electron chi connectivity index (χ3n) is 3.81. The summed E-state index contributed by atoms with van der Waals surface area (Å²) < 4.78 is 0. The molecule has 3 atom stereocenters. The summed E-state index contributed by atoms with van der Waals surface area (Å²) in [6, 6.07) is 1.99. The largest absolute Gasteiger partial charge is 0.481 e. The lowest BCUT2D eigenvalue weighted by molar-refractivity contribution is -0.148. The maximum atomic E-state index is 12.2. The van der Waals surface area contributed by atoms with Gasteiger partial charge in [0.05, 0.1) is 24.3 Å². The minimum absolute atomic E-state index is 0.131. The SMILES string of the molecule is CCC1CC(C(=O)O)C(C(=O)N(C)CCC#N)C1. The van der Waals surface area contributed by atoms with Gasteiger partial charge < -0.3 is 10.0 Å². The van der Waals surface area contributed by atoms with Gasteiger partial charge in [0.15, 0.2) is 0 Å². The van der Waals surface area contributed by atoms with E-state index in [0.717, 1.165) is 6.42 Å². The van der Waals surface area contributed by atoms with E-state index in [0.29, 0.717) is 25.3 Å². The maximum absolute atomic E-state index is 12.2. The van der Waals surface area contributed by atoms with E-state index in [1.54, 1.807) is 7.05 Å². The van der Waals surface area contributed by atoms with Crippen molar-refractivity contribution in [1.29, 1.82) is 5.26 Å². The molecule has 1 aliphatic rings. The van der Waals surface area contributed by atoms with E-state index in [-0.39, 0.29) is 12.3 Å². The third-order valence-corrected chi connectivity index (χ3v) is 3.81. The van der Waals surface area contributed by atoms with Crippen LogP contribution in [0.5, 0.6) is 0 Å². The number of carbonyl (C=O) groups excluding carboxylic acids is 1. The second-order valence-corrected chi connectivity index (χ2v) is 4.96. The standard InChI is InChI=1S/C13H20N2O3/c1-3-9-7-10(11(8-9)13(17)18)12(16)15(2)6-4-5-14/h9-11H,3-4,6-8H2,1-2H3,(H,17,18). The Morgan fingerprint density at radius 1 is 1.39 bits per heavy atom. The van der Waals surface area contributed by atoms with Gasteiger partial charge in [-0.15, -0.1) is 0 Å². The van der Waals surface area contributed by atoms with E-state index in [4.69, 9.17) is 5.26 Å². The average Bonchev–Trinajstić information content (AvgIpc) is 2.79. The highest BCUT2D eigenvalue weighted by Crippen LogP contribution is 2.39. The van der Waals surface area contributed by atoms with Crippen molar-refractivity contribution in [2.24, 2.45) is 17.8 Å². The van der Waals surface area contributed by atoms with E-state index in [9.17, 15) is 14.7 Å². The van der Waals surface area contributed by atoms with Crippen LogP contribution in [-0.2, 0) is 9.59 Å².